The number of benzene rings is 1. The standard InChI is InChI=1S/C18H20N4.2BrH.Pd/c1-3-19-9-11-21(15-19)13-17-7-5-6-8-18(17)14-22-12-10-20(4-2)16-22;;;/h3-12,15-16H,1-2,13-14H2;2*1H;/q-2;;;+2/p-2. The van der Waals surface area contributed by atoms with E-state index in [1.807, 2.05) is 35.5 Å². The molecule has 0 atom stereocenters. The summed E-state index contributed by atoms with van der Waals surface area (Å²) in [7, 11) is 0. The van der Waals surface area contributed by atoms with Crippen LogP contribution in [-0.2, 0) is 27.0 Å². The molecule has 2 aliphatic rings. The summed E-state index contributed by atoms with van der Waals surface area (Å²) >= 11 is 6.80. The molecular weight excluding hydrogens is 538 g/mol. The van der Waals surface area contributed by atoms with Crippen LogP contribution in [0.15, 0.2) is 74.6 Å². The van der Waals surface area contributed by atoms with Crippen molar-refractivity contribution in [2.45, 2.75) is 13.1 Å². The Morgan fingerprint density at radius 1 is 0.840 bits per heavy atom. The predicted octanol–water partition coefficient (Wildman–Crippen LogP) is 5.08. The molecule has 7 heteroatoms. The van der Waals surface area contributed by atoms with E-state index in [2.05, 4.69) is 86.5 Å². The molecule has 0 aliphatic carbocycles. The quantitative estimate of drug-likeness (QED) is 0.357. The third-order valence-electron chi connectivity index (χ3n) is 3.67. The van der Waals surface area contributed by atoms with Crippen molar-refractivity contribution < 1.29 is 13.9 Å². The van der Waals surface area contributed by atoms with Gasteiger partial charge in [-0.15, -0.1) is 0 Å². The Balaban J connectivity index is 0.000000701. The van der Waals surface area contributed by atoms with Crippen LogP contribution in [0.4, 0.5) is 0 Å². The first-order valence-corrected chi connectivity index (χ1v) is 14.6. The molecule has 138 valence electrons. The number of nitrogens with zero attached hydrogens (tertiary/aromatic N) is 4. The zero-order valence-corrected chi connectivity index (χ0v) is 18.3. The summed E-state index contributed by atoms with van der Waals surface area (Å²) in [6.45, 7) is 13.3. The molecule has 1 aromatic rings. The second-order valence-electron chi connectivity index (χ2n) is 5.25. The van der Waals surface area contributed by atoms with Gasteiger partial charge < -0.3 is 19.6 Å². The van der Waals surface area contributed by atoms with Gasteiger partial charge in [-0.1, -0.05) is 37.4 Å². The first kappa shape index (κ1) is 20.3. The zero-order valence-electron chi connectivity index (χ0n) is 13.6. The van der Waals surface area contributed by atoms with Gasteiger partial charge in [-0.05, 0) is 48.3 Å². The Kier molecular flexibility index (Phi) is 8.84. The van der Waals surface area contributed by atoms with E-state index < -0.39 is 0 Å². The molecule has 1 aromatic carbocycles. The summed E-state index contributed by atoms with van der Waals surface area (Å²) in [5.41, 5.74) is 2.63. The van der Waals surface area contributed by atoms with Crippen LogP contribution < -0.4 is 0 Å². The maximum atomic E-state index is 3.77. The molecule has 0 aromatic heterocycles. The Hall–Kier alpha value is -0.998. The van der Waals surface area contributed by atoms with Gasteiger partial charge in [0, 0.05) is 13.1 Å². The maximum absolute atomic E-state index is 3.77. The van der Waals surface area contributed by atoms with E-state index in [4.69, 9.17) is 0 Å². The van der Waals surface area contributed by atoms with Crippen molar-refractivity contribution in [2.24, 2.45) is 0 Å². The molecule has 4 nitrogen and oxygen atoms in total. The van der Waals surface area contributed by atoms with Crippen LogP contribution in [0.1, 0.15) is 11.1 Å². The van der Waals surface area contributed by atoms with Gasteiger partial charge in [-0.3, -0.25) is 0 Å². The van der Waals surface area contributed by atoms with E-state index in [1.54, 1.807) is 12.4 Å². The normalized spacial score (nSPS) is 15.6. The fourth-order valence-electron chi connectivity index (χ4n) is 2.48. The van der Waals surface area contributed by atoms with Crippen molar-refractivity contribution in [1.29, 1.82) is 0 Å². The molecular formula is C18H20Br2N4Pd-2. The Bertz CT molecular complexity index is 582. The average Bonchev–Trinajstić information content (AvgIpc) is 3.26. The first-order valence-electron chi connectivity index (χ1n) is 7.47. The third kappa shape index (κ3) is 6.34. The second kappa shape index (κ2) is 10.9. The summed E-state index contributed by atoms with van der Waals surface area (Å²) < 4.78 is 0. The molecule has 2 aliphatic heterocycles. The molecule has 25 heavy (non-hydrogen) atoms. The molecule has 0 radical (unpaired) electrons. The number of hydrogen-bond donors (Lipinski definition) is 0. The molecule has 0 fully saturated rings. The molecule has 0 spiro atoms. The van der Waals surface area contributed by atoms with Crippen molar-refractivity contribution in [3.8, 4) is 0 Å². The average molecular weight is 559 g/mol. The summed E-state index contributed by atoms with van der Waals surface area (Å²) in [6.07, 6.45) is 11.7. The Morgan fingerprint density at radius 2 is 1.24 bits per heavy atom. The minimum absolute atomic E-state index is 0.575. The summed E-state index contributed by atoms with van der Waals surface area (Å²) in [5.74, 6) is 0. The van der Waals surface area contributed by atoms with Crippen molar-refractivity contribution in [1.82, 2.24) is 19.6 Å². The van der Waals surface area contributed by atoms with Crippen molar-refractivity contribution in [2.75, 3.05) is 0 Å². The predicted molar refractivity (Wildman–Crippen MR) is 106 cm³/mol. The van der Waals surface area contributed by atoms with E-state index in [-0.39, 0.29) is 0 Å². The van der Waals surface area contributed by atoms with E-state index in [0.717, 1.165) is 13.1 Å². The molecule has 0 saturated heterocycles. The van der Waals surface area contributed by atoms with Gasteiger partial charge in [0.15, 0.2) is 0 Å². The molecule has 0 saturated carbocycles. The number of hydrogen-bond acceptors (Lipinski definition) is 4. The van der Waals surface area contributed by atoms with E-state index in [1.165, 1.54) is 11.1 Å². The van der Waals surface area contributed by atoms with Gasteiger partial charge in [0.1, 0.15) is 0 Å². The van der Waals surface area contributed by atoms with Crippen molar-refractivity contribution in [3.05, 3.63) is 99.1 Å². The molecule has 3 rings (SSSR count). The van der Waals surface area contributed by atoms with Crippen LogP contribution in [0, 0.1) is 13.3 Å². The molecule has 0 bridgehead atoms. The molecule has 0 N–H and O–H groups in total. The second-order valence-corrected chi connectivity index (χ2v) is 12.4. The van der Waals surface area contributed by atoms with Crippen LogP contribution in [0.3, 0.4) is 0 Å². The Labute approximate surface area is 171 Å². The Morgan fingerprint density at radius 3 is 1.56 bits per heavy atom. The van der Waals surface area contributed by atoms with Crippen molar-refractivity contribution >= 4 is 26.9 Å². The topological polar surface area (TPSA) is 13.0 Å². The van der Waals surface area contributed by atoms with Crippen LogP contribution in [-0.4, -0.2) is 19.6 Å². The SMILES string of the molecule is C=CN1C=CN(Cc2ccccc2CN2C=CN(C=C)[CH-]2)[CH-]1.[Br][Pd][Br]. The molecule has 0 amide bonds. The zero-order chi connectivity index (χ0) is 18.1. The number of halogens is 2. The van der Waals surface area contributed by atoms with E-state index in [9.17, 15) is 0 Å². The van der Waals surface area contributed by atoms with Crippen LogP contribution >= 0.6 is 26.9 Å². The van der Waals surface area contributed by atoms with Crippen molar-refractivity contribution in [3.63, 3.8) is 0 Å². The first-order chi connectivity index (χ1) is 12.2. The fraction of sp³-hybridized carbons (Fsp3) is 0.111. The van der Waals surface area contributed by atoms with E-state index >= 15 is 0 Å². The summed E-state index contributed by atoms with van der Waals surface area (Å²) in [6, 6.07) is 8.53. The summed E-state index contributed by atoms with van der Waals surface area (Å²) in [5, 5.41) is 0. The van der Waals surface area contributed by atoms with Gasteiger partial charge in [0.25, 0.3) is 0 Å². The van der Waals surface area contributed by atoms with Crippen LogP contribution in [0.5, 0.6) is 0 Å². The summed E-state index contributed by atoms with van der Waals surface area (Å²) in [4.78, 5) is 8.20. The monoisotopic (exact) mass is 556 g/mol. The third-order valence-corrected chi connectivity index (χ3v) is 3.67. The van der Waals surface area contributed by atoms with Gasteiger partial charge in [0.2, 0.25) is 0 Å². The minimum atomic E-state index is 0.575. The fourth-order valence-corrected chi connectivity index (χ4v) is 2.48. The molecule has 0 unspecified atom stereocenters. The molecule has 2 heterocycles. The van der Waals surface area contributed by atoms with Gasteiger partial charge in [-0.25, -0.2) is 0 Å². The van der Waals surface area contributed by atoms with Gasteiger partial charge in [0.05, 0.1) is 0 Å². The van der Waals surface area contributed by atoms with Gasteiger partial charge in [-0.2, -0.15) is 13.3 Å². The van der Waals surface area contributed by atoms with Crippen LogP contribution in [0.25, 0.3) is 0 Å². The number of rotatable bonds is 6. The van der Waals surface area contributed by atoms with E-state index in [0.29, 0.717) is 13.9 Å². The van der Waals surface area contributed by atoms with Gasteiger partial charge >= 0.3 is 40.8 Å². The van der Waals surface area contributed by atoms with Crippen LogP contribution in [0.2, 0.25) is 0 Å².